The Bertz CT molecular complexity index is 212. The summed E-state index contributed by atoms with van der Waals surface area (Å²) in [6, 6.07) is 0.185. The summed E-state index contributed by atoms with van der Waals surface area (Å²) < 4.78 is 0. The fourth-order valence-electron chi connectivity index (χ4n) is 1.93. The molecule has 1 rings (SSSR count). The third-order valence-electron chi connectivity index (χ3n) is 2.99. The molecule has 0 saturated carbocycles. The van der Waals surface area contributed by atoms with Gasteiger partial charge in [0.2, 0.25) is 0 Å². The molecule has 0 unspecified atom stereocenters. The molecule has 1 aliphatic rings. The zero-order chi connectivity index (χ0) is 12.0. The lowest BCUT2D eigenvalue weighted by molar-refractivity contribution is 0.155. The van der Waals surface area contributed by atoms with Gasteiger partial charge in [-0.25, -0.2) is 4.79 Å². The highest BCUT2D eigenvalue weighted by molar-refractivity contribution is 5.74. The average Bonchev–Trinajstić information content (AvgIpc) is 2.28. The number of nitrogens with zero attached hydrogens (tertiary/aromatic N) is 2. The molecule has 1 saturated heterocycles. The number of piperazine rings is 1. The molecule has 0 aromatic carbocycles. The summed E-state index contributed by atoms with van der Waals surface area (Å²) in [5, 5.41) is 3.25. The number of carbonyl (C=O) groups excluding carboxylic acids is 1. The lowest BCUT2D eigenvalue weighted by Crippen LogP contribution is -2.50. The quantitative estimate of drug-likeness (QED) is 0.787. The Morgan fingerprint density at radius 3 is 2.56 bits per heavy atom. The second-order valence-electron chi connectivity index (χ2n) is 4.98. The lowest BCUT2D eigenvalue weighted by Gasteiger charge is -2.31. The third kappa shape index (κ3) is 4.39. The van der Waals surface area contributed by atoms with E-state index in [4.69, 9.17) is 0 Å². The summed E-state index contributed by atoms with van der Waals surface area (Å²) in [6.07, 6.45) is 2.30. The van der Waals surface area contributed by atoms with E-state index in [1.807, 2.05) is 16.8 Å². The Kier molecular flexibility index (Phi) is 5.60. The van der Waals surface area contributed by atoms with E-state index in [1.54, 1.807) is 0 Å². The van der Waals surface area contributed by atoms with Crippen molar-refractivity contribution in [2.75, 3.05) is 39.8 Å². The summed E-state index contributed by atoms with van der Waals surface area (Å²) >= 11 is 0. The summed E-state index contributed by atoms with van der Waals surface area (Å²) in [5.74, 6) is 0.725. The van der Waals surface area contributed by atoms with Crippen LogP contribution in [-0.2, 0) is 0 Å². The zero-order valence-corrected chi connectivity index (χ0v) is 10.8. The Morgan fingerprint density at radius 2 is 2.00 bits per heavy atom. The molecule has 2 amide bonds. The van der Waals surface area contributed by atoms with Crippen LogP contribution in [0.3, 0.4) is 0 Å². The Balaban J connectivity index is 2.23. The van der Waals surface area contributed by atoms with Crippen molar-refractivity contribution in [2.45, 2.75) is 26.7 Å². The SMILES string of the molecule is CC(C)CCCN(C)C(=O)N1CCNCC1. The van der Waals surface area contributed by atoms with Gasteiger partial charge in [0.1, 0.15) is 0 Å². The van der Waals surface area contributed by atoms with Crippen LogP contribution in [0.1, 0.15) is 26.7 Å². The van der Waals surface area contributed by atoms with Crippen molar-refractivity contribution in [3.8, 4) is 0 Å². The molecule has 4 heteroatoms. The van der Waals surface area contributed by atoms with E-state index >= 15 is 0 Å². The van der Waals surface area contributed by atoms with Gasteiger partial charge in [-0.3, -0.25) is 0 Å². The van der Waals surface area contributed by atoms with Crippen molar-refractivity contribution >= 4 is 6.03 Å². The minimum atomic E-state index is 0.185. The topological polar surface area (TPSA) is 35.6 Å². The number of rotatable bonds is 4. The fourth-order valence-corrected chi connectivity index (χ4v) is 1.93. The maximum Gasteiger partial charge on any atom is 0.319 e. The number of nitrogens with one attached hydrogen (secondary N) is 1. The zero-order valence-electron chi connectivity index (χ0n) is 10.8. The normalized spacial score (nSPS) is 16.6. The molecule has 16 heavy (non-hydrogen) atoms. The molecule has 0 spiro atoms. The Labute approximate surface area is 99.0 Å². The first-order valence-electron chi connectivity index (χ1n) is 6.32. The molecule has 1 aliphatic heterocycles. The minimum Gasteiger partial charge on any atom is -0.328 e. The molecule has 1 heterocycles. The maximum atomic E-state index is 12.0. The van der Waals surface area contributed by atoms with Gasteiger partial charge in [0.15, 0.2) is 0 Å². The summed E-state index contributed by atoms with van der Waals surface area (Å²) in [4.78, 5) is 15.8. The first-order valence-corrected chi connectivity index (χ1v) is 6.32. The van der Waals surface area contributed by atoms with E-state index in [0.717, 1.165) is 45.1 Å². The summed E-state index contributed by atoms with van der Waals surface area (Å²) in [5.41, 5.74) is 0. The van der Waals surface area contributed by atoms with Crippen LogP contribution < -0.4 is 5.32 Å². The molecular weight excluding hydrogens is 202 g/mol. The van der Waals surface area contributed by atoms with Gasteiger partial charge in [0.25, 0.3) is 0 Å². The maximum absolute atomic E-state index is 12.0. The molecule has 0 aliphatic carbocycles. The van der Waals surface area contributed by atoms with Gasteiger partial charge in [-0.2, -0.15) is 0 Å². The van der Waals surface area contributed by atoms with E-state index in [9.17, 15) is 4.79 Å². The molecule has 0 aromatic rings. The van der Waals surface area contributed by atoms with E-state index in [2.05, 4.69) is 19.2 Å². The number of urea groups is 1. The number of amides is 2. The van der Waals surface area contributed by atoms with Crippen molar-refractivity contribution in [3.05, 3.63) is 0 Å². The van der Waals surface area contributed by atoms with E-state index < -0.39 is 0 Å². The highest BCUT2D eigenvalue weighted by Gasteiger charge is 2.19. The highest BCUT2D eigenvalue weighted by Crippen LogP contribution is 2.06. The van der Waals surface area contributed by atoms with Gasteiger partial charge >= 0.3 is 6.03 Å². The molecule has 1 fully saturated rings. The van der Waals surface area contributed by atoms with Crippen molar-refractivity contribution in [1.29, 1.82) is 0 Å². The van der Waals surface area contributed by atoms with Gasteiger partial charge in [-0.05, 0) is 18.8 Å². The largest absolute Gasteiger partial charge is 0.328 e. The van der Waals surface area contributed by atoms with Crippen LogP contribution in [-0.4, -0.2) is 55.6 Å². The average molecular weight is 227 g/mol. The Morgan fingerprint density at radius 1 is 1.38 bits per heavy atom. The van der Waals surface area contributed by atoms with Gasteiger partial charge in [-0.1, -0.05) is 13.8 Å². The fraction of sp³-hybridized carbons (Fsp3) is 0.917. The third-order valence-corrected chi connectivity index (χ3v) is 2.99. The number of hydrogen-bond donors (Lipinski definition) is 1. The monoisotopic (exact) mass is 227 g/mol. The van der Waals surface area contributed by atoms with Crippen LogP contribution in [0.25, 0.3) is 0 Å². The first-order chi connectivity index (χ1) is 7.61. The van der Waals surface area contributed by atoms with Crippen LogP contribution in [0, 0.1) is 5.92 Å². The smallest absolute Gasteiger partial charge is 0.319 e. The molecule has 1 N–H and O–H groups in total. The van der Waals surface area contributed by atoms with Gasteiger partial charge in [-0.15, -0.1) is 0 Å². The number of carbonyl (C=O) groups is 1. The van der Waals surface area contributed by atoms with Crippen LogP contribution in [0.4, 0.5) is 4.79 Å². The highest BCUT2D eigenvalue weighted by atomic mass is 16.2. The Hall–Kier alpha value is -0.770. The van der Waals surface area contributed by atoms with Crippen LogP contribution >= 0.6 is 0 Å². The van der Waals surface area contributed by atoms with Crippen molar-refractivity contribution in [1.82, 2.24) is 15.1 Å². The van der Waals surface area contributed by atoms with Gasteiger partial charge in [0.05, 0.1) is 0 Å². The van der Waals surface area contributed by atoms with Crippen LogP contribution in [0.5, 0.6) is 0 Å². The first kappa shape index (κ1) is 13.3. The molecule has 0 bridgehead atoms. The molecular formula is C12H25N3O. The standard InChI is InChI=1S/C12H25N3O/c1-11(2)5-4-8-14(3)12(16)15-9-6-13-7-10-15/h11,13H,4-10H2,1-3H3. The molecule has 0 radical (unpaired) electrons. The van der Waals surface area contributed by atoms with E-state index in [0.29, 0.717) is 0 Å². The van der Waals surface area contributed by atoms with Gasteiger partial charge < -0.3 is 15.1 Å². The van der Waals surface area contributed by atoms with E-state index in [-0.39, 0.29) is 6.03 Å². The minimum absolute atomic E-state index is 0.185. The predicted molar refractivity (Wildman–Crippen MR) is 66.5 cm³/mol. The van der Waals surface area contributed by atoms with Gasteiger partial charge in [0, 0.05) is 39.8 Å². The lowest BCUT2D eigenvalue weighted by atomic mass is 10.1. The van der Waals surface area contributed by atoms with Crippen LogP contribution in [0.2, 0.25) is 0 Å². The molecule has 0 aromatic heterocycles. The summed E-state index contributed by atoms with van der Waals surface area (Å²) in [7, 11) is 1.91. The van der Waals surface area contributed by atoms with Crippen LogP contribution in [0.15, 0.2) is 0 Å². The van der Waals surface area contributed by atoms with E-state index in [1.165, 1.54) is 6.42 Å². The molecule has 0 atom stereocenters. The predicted octanol–water partition coefficient (Wildman–Crippen LogP) is 1.38. The summed E-state index contributed by atoms with van der Waals surface area (Å²) in [6.45, 7) is 8.84. The van der Waals surface area contributed by atoms with Crippen molar-refractivity contribution in [3.63, 3.8) is 0 Å². The number of hydrogen-bond acceptors (Lipinski definition) is 2. The van der Waals surface area contributed by atoms with Crippen molar-refractivity contribution in [2.24, 2.45) is 5.92 Å². The molecule has 4 nitrogen and oxygen atoms in total. The second kappa shape index (κ2) is 6.74. The second-order valence-corrected chi connectivity index (χ2v) is 4.98. The van der Waals surface area contributed by atoms with Crippen molar-refractivity contribution < 1.29 is 4.79 Å². The molecule has 94 valence electrons.